The molecule has 3 aromatic rings. The molecule has 1 saturated heterocycles. The van der Waals surface area contributed by atoms with Gasteiger partial charge in [-0.1, -0.05) is 47.2 Å². The Morgan fingerprint density at radius 2 is 1.96 bits per heavy atom. The molecule has 1 atom stereocenters. The third-order valence-electron chi connectivity index (χ3n) is 4.95. The van der Waals surface area contributed by atoms with Crippen LogP contribution in [0, 0.1) is 13.8 Å². The number of aryl methyl sites for hydroxylation is 2. The molecule has 1 aliphatic heterocycles. The van der Waals surface area contributed by atoms with Crippen LogP contribution in [-0.4, -0.2) is 30.1 Å². The second-order valence-corrected chi connectivity index (χ2v) is 8.28. The summed E-state index contributed by atoms with van der Waals surface area (Å²) >= 11 is 1.58. The van der Waals surface area contributed by atoms with E-state index in [0.29, 0.717) is 13.0 Å². The number of amides is 1. The van der Waals surface area contributed by atoms with Crippen LogP contribution in [-0.2, 0) is 16.0 Å². The Kier molecular flexibility index (Phi) is 5.23. The quantitative estimate of drug-likeness (QED) is 0.646. The van der Waals surface area contributed by atoms with Crippen molar-refractivity contribution in [2.75, 3.05) is 18.1 Å². The standard InChI is InChI=1S/C22H24N2O2S/c1-15-5-8-17(9-6-15)13-21(25)24(14-18-4-3-11-26-18)22-23-19-10-7-16(2)12-20(19)27-22/h5-10,12,18H,3-4,11,13-14H2,1-2H3. The summed E-state index contributed by atoms with van der Waals surface area (Å²) in [6, 6.07) is 14.4. The number of rotatable bonds is 5. The highest BCUT2D eigenvalue weighted by molar-refractivity contribution is 7.22. The van der Waals surface area contributed by atoms with Gasteiger partial charge in [-0.25, -0.2) is 4.98 Å². The van der Waals surface area contributed by atoms with E-state index < -0.39 is 0 Å². The summed E-state index contributed by atoms with van der Waals surface area (Å²) < 4.78 is 6.91. The number of benzene rings is 2. The number of anilines is 1. The highest BCUT2D eigenvalue weighted by atomic mass is 32.1. The Labute approximate surface area is 163 Å². The molecule has 0 saturated carbocycles. The number of carbonyl (C=O) groups is 1. The number of carbonyl (C=O) groups excluding carboxylic acids is 1. The Balaban J connectivity index is 1.62. The Bertz CT molecular complexity index is 943. The van der Waals surface area contributed by atoms with Crippen molar-refractivity contribution in [1.29, 1.82) is 0 Å². The van der Waals surface area contributed by atoms with Crippen LogP contribution >= 0.6 is 11.3 Å². The molecular formula is C22H24N2O2S. The maximum Gasteiger partial charge on any atom is 0.233 e. The van der Waals surface area contributed by atoms with Crippen LogP contribution in [0.4, 0.5) is 5.13 Å². The fourth-order valence-corrected chi connectivity index (χ4v) is 4.48. The lowest BCUT2D eigenvalue weighted by molar-refractivity contribution is -0.118. The molecule has 0 radical (unpaired) electrons. The van der Waals surface area contributed by atoms with Crippen LogP contribution in [0.3, 0.4) is 0 Å². The third kappa shape index (κ3) is 4.20. The minimum Gasteiger partial charge on any atom is -0.376 e. The van der Waals surface area contributed by atoms with Crippen molar-refractivity contribution in [3.63, 3.8) is 0 Å². The number of ether oxygens (including phenoxy) is 1. The van der Waals surface area contributed by atoms with Crippen molar-refractivity contribution in [3.05, 3.63) is 59.2 Å². The average Bonchev–Trinajstić information content (AvgIpc) is 3.30. The summed E-state index contributed by atoms with van der Waals surface area (Å²) in [5.41, 5.74) is 4.37. The molecule has 1 fully saturated rings. The monoisotopic (exact) mass is 380 g/mol. The van der Waals surface area contributed by atoms with Crippen LogP contribution in [0.5, 0.6) is 0 Å². The number of nitrogens with zero attached hydrogens (tertiary/aromatic N) is 2. The van der Waals surface area contributed by atoms with Crippen LogP contribution in [0.1, 0.15) is 29.5 Å². The first-order chi connectivity index (χ1) is 13.1. The van der Waals surface area contributed by atoms with Crippen LogP contribution in [0.2, 0.25) is 0 Å². The highest BCUT2D eigenvalue weighted by Gasteiger charge is 2.26. The van der Waals surface area contributed by atoms with Gasteiger partial charge in [0.1, 0.15) is 0 Å². The summed E-state index contributed by atoms with van der Waals surface area (Å²) in [5.74, 6) is 0.0742. The molecule has 1 aromatic heterocycles. The normalized spacial score (nSPS) is 16.7. The largest absolute Gasteiger partial charge is 0.376 e. The minimum absolute atomic E-state index is 0.0742. The van der Waals surface area contributed by atoms with Gasteiger partial charge >= 0.3 is 0 Å². The maximum absolute atomic E-state index is 13.2. The topological polar surface area (TPSA) is 42.4 Å². The molecule has 1 aliphatic rings. The van der Waals surface area contributed by atoms with Crippen molar-refractivity contribution >= 4 is 32.6 Å². The van der Waals surface area contributed by atoms with E-state index >= 15 is 0 Å². The van der Waals surface area contributed by atoms with Crippen LogP contribution < -0.4 is 4.90 Å². The van der Waals surface area contributed by atoms with Crippen LogP contribution in [0.15, 0.2) is 42.5 Å². The van der Waals surface area contributed by atoms with Gasteiger partial charge in [-0.15, -0.1) is 0 Å². The van der Waals surface area contributed by atoms with E-state index in [1.807, 2.05) is 35.2 Å². The zero-order chi connectivity index (χ0) is 18.8. The lowest BCUT2D eigenvalue weighted by Gasteiger charge is -2.23. The highest BCUT2D eigenvalue weighted by Crippen LogP contribution is 2.31. The second-order valence-electron chi connectivity index (χ2n) is 7.27. The molecule has 4 nitrogen and oxygen atoms in total. The SMILES string of the molecule is Cc1ccc(CC(=O)N(CC2CCCO2)c2nc3ccc(C)cc3s2)cc1. The molecule has 2 aromatic carbocycles. The predicted octanol–water partition coefficient (Wildman–Crippen LogP) is 4.67. The number of hydrogen-bond acceptors (Lipinski definition) is 4. The summed E-state index contributed by atoms with van der Waals surface area (Å²) in [5, 5.41) is 0.767. The summed E-state index contributed by atoms with van der Waals surface area (Å²) in [6.45, 7) is 5.48. The van der Waals surface area contributed by atoms with E-state index in [9.17, 15) is 4.79 Å². The first kappa shape index (κ1) is 18.1. The molecule has 2 heterocycles. The molecule has 1 amide bonds. The fraction of sp³-hybridized carbons (Fsp3) is 0.364. The predicted molar refractivity (Wildman–Crippen MR) is 111 cm³/mol. The van der Waals surface area contributed by atoms with Crippen molar-refractivity contribution in [2.45, 2.75) is 39.2 Å². The Morgan fingerprint density at radius 3 is 2.70 bits per heavy atom. The average molecular weight is 381 g/mol. The maximum atomic E-state index is 13.2. The van der Waals surface area contributed by atoms with Gasteiger partial charge in [0.05, 0.1) is 29.3 Å². The molecule has 27 heavy (non-hydrogen) atoms. The van der Waals surface area contributed by atoms with Gasteiger partial charge in [-0.2, -0.15) is 0 Å². The lowest BCUT2D eigenvalue weighted by Crippen LogP contribution is -2.38. The van der Waals surface area contributed by atoms with E-state index in [4.69, 9.17) is 9.72 Å². The molecule has 5 heteroatoms. The van der Waals surface area contributed by atoms with Gasteiger partial charge < -0.3 is 4.74 Å². The minimum atomic E-state index is 0.0742. The molecule has 0 N–H and O–H groups in total. The van der Waals surface area contributed by atoms with Crippen molar-refractivity contribution in [1.82, 2.24) is 4.98 Å². The molecule has 4 rings (SSSR count). The smallest absolute Gasteiger partial charge is 0.233 e. The van der Waals surface area contributed by atoms with E-state index in [2.05, 4.69) is 26.0 Å². The molecule has 0 spiro atoms. The Hall–Kier alpha value is -2.24. The van der Waals surface area contributed by atoms with Crippen LogP contribution in [0.25, 0.3) is 10.2 Å². The van der Waals surface area contributed by atoms with Crippen molar-refractivity contribution in [3.8, 4) is 0 Å². The summed E-state index contributed by atoms with van der Waals surface area (Å²) in [6.07, 6.45) is 2.53. The van der Waals surface area contributed by atoms with Gasteiger partial charge in [0.25, 0.3) is 0 Å². The van der Waals surface area contributed by atoms with Gasteiger partial charge in [0.15, 0.2) is 5.13 Å². The number of thiazole rings is 1. The van der Waals surface area contributed by atoms with E-state index in [1.165, 1.54) is 11.1 Å². The molecule has 140 valence electrons. The fourth-order valence-electron chi connectivity index (χ4n) is 3.39. The zero-order valence-corrected chi connectivity index (χ0v) is 16.6. The van der Waals surface area contributed by atoms with Gasteiger partial charge in [-0.3, -0.25) is 9.69 Å². The number of hydrogen-bond donors (Lipinski definition) is 0. The molecular weight excluding hydrogens is 356 g/mol. The zero-order valence-electron chi connectivity index (χ0n) is 15.8. The first-order valence-electron chi connectivity index (χ1n) is 9.43. The number of fused-ring (bicyclic) bond motifs is 1. The van der Waals surface area contributed by atoms with E-state index in [-0.39, 0.29) is 12.0 Å². The van der Waals surface area contributed by atoms with E-state index in [0.717, 1.165) is 40.4 Å². The van der Waals surface area contributed by atoms with Gasteiger partial charge in [-0.05, 0) is 49.9 Å². The lowest BCUT2D eigenvalue weighted by atomic mass is 10.1. The third-order valence-corrected chi connectivity index (χ3v) is 5.99. The van der Waals surface area contributed by atoms with Crippen molar-refractivity contribution in [2.24, 2.45) is 0 Å². The van der Waals surface area contributed by atoms with Gasteiger partial charge in [0, 0.05) is 6.61 Å². The number of aromatic nitrogens is 1. The molecule has 1 unspecified atom stereocenters. The van der Waals surface area contributed by atoms with Gasteiger partial charge in [0.2, 0.25) is 5.91 Å². The van der Waals surface area contributed by atoms with E-state index in [1.54, 1.807) is 11.3 Å². The molecule has 0 aliphatic carbocycles. The first-order valence-corrected chi connectivity index (χ1v) is 10.2. The summed E-state index contributed by atoms with van der Waals surface area (Å²) in [4.78, 5) is 19.7. The van der Waals surface area contributed by atoms with Crippen molar-refractivity contribution < 1.29 is 9.53 Å². The molecule has 0 bridgehead atoms. The second kappa shape index (κ2) is 7.79. The summed E-state index contributed by atoms with van der Waals surface area (Å²) in [7, 11) is 0. The Morgan fingerprint density at radius 1 is 1.19 bits per heavy atom.